The van der Waals surface area contributed by atoms with Gasteiger partial charge in [0.05, 0.1) is 5.69 Å². The van der Waals surface area contributed by atoms with Crippen LogP contribution in [-0.2, 0) is 13.5 Å². The van der Waals surface area contributed by atoms with Crippen LogP contribution >= 0.6 is 0 Å². The summed E-state index contributed by atoms with van der Waals surface area (Å²) < 4.78 is 2.21. The molecule has 0 atom stereocenters. The van der Waals surface area contributed by atoms with E-state index >= 15 is 0 Å². The normalized spacial score (nSPS) is 12.3. The maximum absolute atomic E-state index is 2.36. The summed E-state index contributed by atoms with van der Waals surface area (Å²) in [4.78, 5) is 0. The summed E-state index contributed by atoms with van der Waals surface area (Å²) in [5, 5.41) is 0. The quantitative estimate of drug-likeness (QED) is 0.472. The predicted octanol–water partition coefficient (Wildman–Crippen LogP) is 4.57. The van der Waals surface area contributed by atoms with Crippen LogP contribution in [0, 0.1) is 6.92 Å². The highest BCUT2D eigenvalue weighted by molar-refractivity contribution is 5.80. The van der Waals surface area contributed by atoms with Gasteiger partial charge in [-0.15, -0.1) is 0 Å². The zero-order valence-electron chi connectivity index (χ0n) is 11.9. The Hall–Kier alpha value is -2.28. The second kappa shape index (κ2) is 4.11. The molecule has 1 heterocycles. The van der Waals surface area contributed by atoms with E-state index in [-0.39, 0.29) is 0 Å². The Kier molecular flexibility index (Phi) is 2.37. The number of rotatable bonds is 1. The third kappa shape index (κ3) is 1.56. The molecule has 1 aromatic heterocycles. The topological polar surface area (TPSA) is 4.93 Å². The number of aryl methyl sites for hydroxylation is 2. The third-order valence-electron chi connectivity index (χ3n) is 4.34. The maximum Gasteiger partial charge on any atom is 0.0507 e. The number of hydrogen-bond acceptors (Lipinski definition) is 0. The molecule has 98 valence electrons. The summed E-state index contributed by atoms with van der Waals surface area (Å²) in [5.74, 6) is 0. The average molecular weight is 259 g/mol. The van der Waals surface area contributed by atoms with E-state index in [1.165, 1.54) is 39.1 Å². The molecule has 0 radical (unpaired) electrons. The van der Waals surface area contributed by atoms with Crippen molar-refractivity contribution in [3.05, 3.63) is 71.4 Å². The Morgan fingerprint density at radius 2 is 1.70 bits per heavy atom. The zero-order chi connectivity index (χ0) is 13.7. The van der Waals surface area contributed by atoms with E-state index in [1.807, 2.05) is 0 Å². The van der Waals surface area contributed by atoms with Crippen LogP contribution in [0.3, 0.4) is 0 Å². The van der Waals surface area contributed by atoms with Crippen LogP contribution in [0.5, 0.6) is 0 Å². The molecule has 0 spiro atoms. The Morgan fingerprint density at radius 3 is 2.50 bits per heavy atom. The molecular formula is C19H17N. The Morgan fingerprint density at radius 1 is 0.900 bits per heavy atom. The van der Waals surface area contributed by atoms with Crippen LogP contribution in [0.15, 0.2) is 54.7 Å². The smallest absolute Gasteiger partial charge is 0.0507 e. The maximum atomic E-state index is 2.36. The van der Waals surface area contributed by atoms with Crippen molar-refractivity contribution in [2.24, 2.45) is 7.05 Å². The molecule has 1 aliphatic rings. The fourth-order valence-electron chi connectivity index (χ4n) is 3.38. The lowest BCUT2D eigenvalue weighted by atomic mass is 10.0. The summed E-state index contributed by atoms with van der Waals surface area (Å²) in [7, 11) is 2.12. The molecule has 0 fully saturated rings. The minimum Gasteiger partial charge on any atom is -0.350 e. The second-order valence-corrected chi connectivity index (χ2v) is 5.66. The molecule has 2 aromatic carbocycles. The van der Waals surface area contributed by atoms with Gasteiger partial charge in [0.25, 0.3) is 0 Å². The van der Waals surface area contributed by atoms with Crippen LogP contribution in [-0.4, -0.2) is 4.57 Å². The molecule has 0 aliphatic heterocycles. The lowest BCUT2D eigenvalue weighted by Crippen LogP contribution is -1.92. The summed E-state index contributed by atoms with van der Waals surface area (Å²) >= 11 is 0. The molecule has 0 amide bonds. The molecular weight excluding hydrogens is 242 g/mol. The first-order valence-corrected chi connectivity index (χ1v) is 7.07. The largest absolute Gasteiger partial charge is 0.350 e. The van der Waals surface area contributed by atoms with Crippen LogP contribution < -0.4 is 0 Å². The van der Waals surface area contributed by atoms with E-state index in [1.54, 1.807) is 0 Å². The van der Waals surface area contributed by atoms with Gasteiger partial charge in [-0.2, -0.15) is 0 Å². The fraction of sp³-hybridized carbons (Fsp3) is 0.158. The summed E-state index contributed by atoms with van der Waals surface area (Å²) in [5.41, 5.74) is 9.68. The fourth-order valence-corrected chi connectivity index (χ4v) is 3.38. The Labute approximate surface area is 119 Å². The van der Waals surface area contributed by atoms with Crippen LogP contribution in [0.2, 0.25) is 0 Å². The average Bonchev–Trinajstić information content (AvgIpc) is 2.98. The van der Waals surface area contributed by atoms with Crippen molar-refractivity contribution in [1.29, 1.82) is 0 Å². The predicted molar refractivity (Wildman–Crippen MR) is 83.8 cm³/mol. The molecule has 0 saturated carbocycles. The van der Waals surface area contributed by atoms with Crippen molar-refractivity contribution in [2.75, 3.05) is 0 Å². The number of benzene rings is 2. The molecule has 1 heteroatoms. The molecule has 0 unspecified atom stereocenters. The monoisotopic (exact) mass is 259 g/mol. The number of aromatic nitrogens is 1. The first-order valence-electron chi connectivity index (χ1n) is 7.07. The summed E-state index contributed by atoms with van der Waals surface area (Å²) in [6.45, 7) is 2.18. The van der Waals surface area contributed by atoms with E-state index < -0.39 is 0 Å². The molecule has 20 heavy (non-hydrogen) atoms. The highest BCUT2D eigenvalue weighted by Crippen LogP contribution is 2.38. The summed E-state index contributed by atoms with van der Waals surface area (Å²) in [6.07, 6.45) is 3.19. The van der Waals surface area contributed by atoms with Crippen LogP contribution in [0.1, 0.15) is 16.7 Å². The first-order chi connectivity index (χ1) is 9.74. The lowest BCUT2D eigenvalue weighted by molar-refractivity contribution is 0.934. The van der Waals surface area contributed by atoms with Crippen molar-refractivity contribution >= 4 is 0 Å². The minimum absolute atomic E-state index is 1.06. The number of hydrogen-bond donors (Lipinski definition) is 0. The highest BCUT2D eigenvalue weighted by Gasteiger charge is 2.18. The van der Waals surface area contributed by atoms with Gasteiger partial charge in [-0.1, -0.05) is 36.4 Å². The van der Waals surface area contributed by atoms with Gasteiger partial charge in [0.15, 0.2) is 0 Å². The van der Waals surface area contributed by atoms with Crippen molar-refractivity contribution in [3.63, 3.8) is 0 Å². The third-order valence-corrected chi connectivity index (χ3v) is 4.34. The minimum atomic E-state index is 1.06. The van der Waals surface area contributed by atoms with Gasteiger partial charge < -0.3 is 4.57 Å². The highest BCUT2D eigenvalue weighted by atomic mass is 14.9. The zero-order valence-corrected chi connectivity index (χ0v) is 11.9. The van der Waals surface area contributed by atoms with Crippen molar-refractivity contribution < 1.29 is 0 Å². The Balaban J connectivity index is 1.87. The molecule has 0 N–H and O–H groups in total. The van der Waals surface area contributed by atoms with Crippen LogP contribution in [0.25, 0.3) is 22.4 Å². The molecule has 0 bridgehead atoms. The van der Waals surface area contributed by atoms with E-state index in [9.17, 15) is 0 Å². The van der Waals surface area contributed by atoms with E-state index in [0.717, 1.165) is 6.42 Å². The first kappa shape index (κ1) is 11.5. The molecule has 3 aromatic rings. The van der Waals surface area contributed by atoms with Gasteiger partial charge in [0.1, 0.15) is 0 Å². The lowest BCUT2D eigenvalue weighted by Gasteiger charge is -2.08. The van der Waals surface area contributed by atoms with Gasteiger partial charge in [-0.05, 0) is 58.9 Å². The molecule has 4 rings (SSSR count). The summed E-state index contributed by atoms with van der Waals surface area (Å²) in [6, 6.07) is 17.8. The molecule has 0 saturated heterocycles. The second-order valence-electron chi connectivity index (χ2n) is 5.66. The SMILES string of the molecule is Cc1ccn(C)c1-c1ccc2c(c1)Cc1ccccc1-2. The van der Waals surface area contributed by atoms with E-state index in [0.29, 0.717) is 0 Å². The van der Waals surface area contributed by atoms with Gasteiger partial charge in [-0.3, -0.25) is 0 Å². The van der Waals surface area contributed by atoms with Gasteiger partial charge in [0.2, 0.25) is 0 Å². The van der Waals surface area contributed by atoms with E-state index in [2.05, 4.69) is 73.3 Å². The van der Waals surface area contributed by atoms with Crippen LogP contribution in [0.4, 0.5) is 0 Å². The number of fused-ring (bicyclic) bond motifs is 3. The molecule has 1 nitrogen and oxygen atoms in total. The van der Waals surface area contributed by atoms with E-state index in [4.69, 9.17) is 0 Å². The van der Waals surface area contributed by atoms with Crippen molar-refractivity contribution in [2.45, 2.75) is 13.3 Å². The number of nitrogens with zero attached hydrogens (tertiary/aromatic N) is 1. The van der Waals surface area contributed by atoms with Crippen molar-refractivity contribution in [1.82, 2.24) is 4.57 Å². The van der Waals surface area contributed by atoms with Crippen molar-refractivity contribution in [3.8, 4) is 22.4 Å². The standard InChI is InChI=1S/C19H17N/c1-13-9-10-20(2)19(13)15-7-8-18-16(12-15)11-14-5-3-4-6-17(14)18/h3-10,12H,11H2,1-2H3. The Bertz CT molecular complexity index is 789. The molecule has 1 aliphatic carbocycles. The van der Waals surface area contributed by atoms with Gasteiger partial charge in [-0.25, -0.2) is 0 Å². The van der Waals surface area contributed by atoms with Gasteiger partial charge in [0, 0.05) is 13.2 Å². The van der Waals surface area contributed by atoms with Gasteiger partial charge >= 0.3 is 0 Å².